The second-order valence-electron chi connectivity index (χ2n) is 8.14. The summed E-state index contributed by atoms with van der Waals surface area (Å²) in [6, 6.07) is 17.3. The Balaban J connectivity index is 1.64. The van der Waals surface area contributed by atoms with Crippen molar-refractivity contribution in [3.63, 3.8) is 0 Å². The summed E-state index contributed by atoms with van der Waals surface area (Å²) in [5.74, 6) is -0.949. The zero-order valence-electron chi connectivity index (χ0n) is 17.6. The van der Waals surface area contributed by atoms with Crippen molar-refractivity contribution >= 4 is 23.3 Å². The number of carboxylic acids is 1. The Labute approximate surface area is 186 Å². The first-order valence-electron chi connectivity index (χ1n) is 10.4. The number of carboxylic acid groups (broad SMARTS) is 1. The molecule has 2 heterocycles. The van der Waals surface area contributed by atoms with Gasteiger partial charge in [0.25, 0.3) is 5.56 Å². The molecule has 0 saturated heterocycles. The van der Waals surface area contributed by atoms with Crippen LogP contribution in [0.25, 0.3) is 0 Å². The summed E-state index contributed by atoms with van der Waals surface area (Å²) in [6.07, 6.45) is 1.60. The molecule has 1 aliphatic rings. The maximum absolute atomic E-state index is 12.9. The van der Waals surface area contributed by atoms with Gasteiger partial charge >= 0.3 is 5.97 Å². The van der Waals surface area contributed by atoms with Gasteiger partial charge in [0.2, 0.25) is 0 Å². The normalized spacial score (nSPS) is 15.2. The number of aromatic nitrogens is 1. The van der Waals surface area contributed by atoms with Crippen molar-refractivity contribution in [1.29, 1.82) is 0 Å². The zero-order valence-corrected chi connectivity index (χ0v) is 18.4. The number of hydrogen-bond donors (Lipinski definition) is 1. The molecule has 1 aromatic heterocycles. The van der Waals surface area contributed by atoms with Crippen LogP contribution in [0.3, 0.4) is 0 Å². The number of fused-ring (bicyclic) bond motifs is 1. The lowest BCUT2D eigenvalue weighted by Gasteiger charge is -2.28. The van der Waals surface area contributed by atoms with E-state index in [0.29, 0.717) is 25.6 Å². The monoisotopic (exact) mass is 436 g/mol. The van der Waals surface area contributed by atoms with Crippen LogP contribution in [-0.2, 0) is 25.9 Å². The van der Waals surface area contributed by atoms with Gasteiger partial charge in [0.15, 0.2) is 0 Å². The zero-order chi connectivity index (χ0) is 22.1. The lowest BCUT2D eigenvalue weighted by molar-refractivity contribution is 0.0697. The van der Waals surface area contributed by atoms with E-state index in [4.69, 9.17) is 16.7 Å². The number of carbonyl (C=O) groups is 1. The lowest BCUT2D eigenvalue weighted by Crippen LogP contribution is -2.34. The van der Waals surface area contributed by atoms with E-state index in [9.17, 15) is 9.59 Å². The molecular formula is C25H25ClN2O3. The van der Waals surface area contributed by atoms with E-state index in [-0.39, 0.29) is 16.1 Å². The van der Waals surface area contributed by atoms with Crippen LogP contribution in [0, 0.1) is 6.92 Å². The average molecular weight is 437 g/mol. The molecule has 31 heavy (non-hydrogen) atoms. The Morgan fingerprint density at radius 1 is 1.16 bits per heavy atom. The molecule has 0 amide bonds. The molecule has 0 radical (unpaired) electrons. The fourth-order valence-electron chi connectivity index (χ4n) is 4.33. The van der Waals surface area contributed by atoms with Crippen molar-refractivity contribution in [3.05, 3.63) is 97.9 Å². The third-order valence-electron chi connectivity index (χ3n) is 6.07. The van der Waals surface area contributed by atoms with Crippen molar-refractivity contribution in [2.75, 3.05) is 4.90 Å². The first kappa shape index (κ1) is 21.2. The van der Waals surface area contributed by atoms with Crippen molar-refractivity contribution in [3.8, 4) is 0 Å². The first-order chi connectivity index (χ1) is 14.8. The minimum Gasteiger partial charge on any atom is -0.478 e. The highest BCUT2D eigenvalue weighted by molar-refractivity contribution is 6.30. The van der Waals surface area contributed by atoms with Gasteiger partial charge in [-0.15, -0.1) is 0 Å². The quantitative estimate of drug-likeness (QED) is 0.608. The van der Waals surface area contributed by atoms with Gasteiger partial charge < -0.3 is 14.6 Å². The van der Waals surface area contributed by atoms with Crippen molar-refractivity contribution < 1.29 is 9.90 Å². The van der Waals surface area contributed by atoms with Gasteiger partial charge in [-0.25, -0.2) is 4.79 Å². The van der Waals surface area contributed by atoms with E-state index in [2.05, 4.69) is 30.0 Å². The van der Waals surface area contributed by atoms with Crippen LogP contribution < -0.4 is 10.5 Å². The molecule has 1 N–H and O–H groups in total. The number of benzene rings is 2. The third-order valence-corrected chi connectivity index (χ3v) is 6.34. The molecule has 4 rings (SSSR count). The molecule has 6 heteroatoms. The number of hydrogen-bond acceptors (Lipinski definition) is 3. The molecule has 1 atom stereocenters. The Kier molecular flexibility index (Phi) is 5.88. The second kappa shape index (κ2) is 8.60. The predicted octanol–water partition coefficient (Wildman–Crippen LogP) is 4.70. The summed E-state index contributed by atoms with van der Waals surface area (Å²) >= 11 is 6.24. The Morgan fingerprint density at radius 2 is 1.87 bits per heavy atom. The second-order valence-corrected chi connectivity index (χ2v) is 8.55. The van der Waals surface area contributed by atoms with Gasteiger partial charge in [-0.1, -0.05) is 41.9 Å². The number of rotatable bonds is 6. The van der Waals surface area contributed by atoms with Gasteiger partial charge in [0, 0.05) is 24.0 Å². The van der Waals surface area contributed by atoms with E-state index < -0.39 is 5.97 Å². The highest BCUT2D eigenvalue weighted by Crippen LogP contribution is 2.33. The molecule has 0 aliphatic carbocycles. The smallest absolute Gasteiger partial charge is 0.335 e. The van der Waals surface area contributed by atoms with Gasteiger partial charge in [-0.05, 0) is 67.6 Å². The van der Waals surface area contributed by atoms with E-state index in [0.717, 1.165) is 23.2 Å². The summed E-state index contributed by atoms with van der Waals surface area (Å²) in [5.41, 5.74) is 5.52. The summed E-state index contributed by atoms with van der Waals surface area (Å²) in [4.78, 5) is 26.4. The Bertz CT molecular complexity index is 1180. The minimum atomic E-state index is -0.949. The Hall–Kier alpha value is -3.05. The predicted molar refractivity (Wildman–Crippen MR) is 123 cm³/mol. The largest absolute Gasteiger partial charge is 0.478 e. The van der Waals surface area contributed by atoms with Crippen LogP contribution in [0.4, 0.5) is 5.69 Å². The molecule has 3 aromatic rings. The van der Waals surface area contributed by atoms with Crippen LogP contribution >= 0.6 is 11.6 Å². The number of aromatic carboxylic acids is 1. The van der Waals surface area contributed by atoms with E-state index in [1.165, 1.54) is 11.3 Å². The topological polar surface area (TPSA) is 62.5 Å². The number of aryl methyl sites for hydroxylation is 2. The number of para-hydroxylation sites is 1. The standard InChI is InChI=1S/C25H25ClN2O3/c1-16-13-21(26)24(29)27(12-11-18-7-9-19(10-8-18)25(30)31)23(16)15-28-17(2)14-20-5-3-4-6-22(20)28/h3-10,13,17H,11-12,14-15H2,1-2H3,(H,30,31). The van der Waals surface area contributed by atoms with Gasteiger partial charge in [-0.2, -0.15) is 0 Å². The summed E-state index contributed by atoms with van der Waals surface area (Å²) in [7, 11) is 0. The van der Waals surface area contributed by atoms with Crippen LogP contribution in [0.5, 0.6) is 0 Å². The minimum absolute atomic E-state index is 0.190. The van der Waals surface area contributed by atoms with Crippen LogP contribution in [0.1, 0.15) is 39.7 Å². The first-order valence-corrected chi connectivity index (χ1v) is 10.8. The van der Waals surface area contributed by atoms with Crippen LogP contribution in [-0.4, -0.2) is 21.7 Å². The van der Waals surface area contributed by atoms with Crippen LogP contribution in [0.15, 0.2) is 59.4 Å². The third kappa shape index (κ3) is 4.23. The fraction of sp³-hybridized carbons (Fsp3) is 0.280. The van der Waals surface area contributed by atoms with Gasteiger partial charge in [0.05, 0.1) is 12.1 Å². The lowest BCUT2D eigenvalue weighted by atomic mass is 10.1. The molecule has 0 saturated carbocycles. The van der Waals surface area contributed by atoms with Crippen molar-refractivity contribution in [2.45, 2.75) is 45.8 Å². The number of anilines is 1. The molecular weight excluding hydrogens is 412 g/mol. The fourth-order valence-corrected chi connectivity index (χ4v) is 4.60. The molecule has 1 unspecified atom stereocenters. The maximum atomic E-state index is 12.9. The highest BCUT2D eigenvalue weighted by atomic mass is 35.5. The summed E-state index contributed by atoms with van der Waals surface area (Å²) < 4.78 is 1.77. The average Bonchev–Trinajstić information content (AvgIpc) is 3.07. The van der Waals surface area contributed by atoms with E-state index in [1.54, 1.807) is 34.9 Å². The molecule has 160 valence electrons. The summed E-state index contributed by atoms with van der Waals surface area (Å²) in [5, 5.41) is 9.30. The van der Waals surface area contributed by atoms with Crippen molar-refractivity contribution in [1.82, 2.24) is 4.57 Å². The Morgan fingerprint density at radius 3 is 2.58 bits per heavy atom. The maximum Gasteiger partial charge on any atom is 0.335 e. The van der Waals surface area contributed by atoms with E-state index >= 15 is 0 Å². The molecule has 0 fully saturated rings. The number of pyridine rings is 1. The van der Waals surface area contributed by atoms with E-state index in [1.807, 2.05) is 13.0 Å². The van der Waals surface area contributed by atoms with Gasteiger partial charge in [-0.3, -0.25) is 4.79 Å². The molecule has 2 aromatic carbocycles. The van der Waals surface area contributed by atoms with Crippen LogP contribution in [0.2, 0.25) is 5.02 Å². The number of nitrogens with zero attached hydrogens (tertiary/aromatic N) is 2. The van der Waals surface area contributed by atoms with Crippen molar-refractivity contribution in [2.24, 2.45) is 0 Å². The van der Waals surface area contributed by atoms with Gasteiger partial charge in [0.1, 0.15) is 5.02 Å². The summed E-state index contributed by atoms with van der Waals surface area (Å²) in [6.45, 7) is 5.31. The number of halogens is 1. The highest BCUT2D eigenvalue weighted by Gasteiger charge is 2.27. The molecule has 1 aliphatic heterocycles. The molecule has 0 bridgehead atoms. The molecule has 5 nitrogen and oxygen atoms in total. The molecule has 0 spiro atoms. The SMILES string of the molecule is Cc1cc(Cl)c(=O)n(CCc2ccc(C(=O)O)cc2)c1CN1c2ccccc2CC1C.